The topological polar surface area (TPSA) is 52.0 Å². The average molecular weight is 482 g/mol. The van der Waals surface area contributed by atoms with Crippen LogP contribution in [0.2, 0.25) is 15.1 Å². The van der Waals surface area contributed by atoms with Crippen LogP contribution in [0.15, 0.2) is 78.6 Å². The van der Waals surface area contributed by atoms with Crippen LogP contribution >= 0.6 is 34.8 Å². The molecular weight excluding hydrogens is 467 g/mol. The lowest BCUT2D eigenvalue weighted by molar-refractivity contribution is 0.223. The number of aromatic nitrogens is 3. The Hall–Kier alpha value is -2.99. The minimum absolute atomic E-state index is 0.256. The Morgan fingerprint density at radius 2 is 1.47 bits per heavy atom. The van der Waals surface area contributed by atoms with E-state index in [0.29, 0.717) is 21.0 Å². The van der Waals surface area contributed by atoms with Crippen LogP contribution in [-0.2, 0) is 0 Å². The zero-order valence-corrected chi connectivity index (χ0v) is 18.7. The smallest absolute Gasteiger partial charge is 0.226 e. The van der Waals surface area contributed by atoms with Gasteiger partial charge in [0.25, 0.3) is 0 Å². The third-order valence-corrected chi connectivity index (χ3v) is 6.47. The summed E-state index contributed by atoms with van der Waals surface area (Å²) >= 11 is 18.7. The molecule has 0 bridgehead atoms. The molecule has 0 radical (unpaired) electrons. The Morgan fingerprint density at radius 3 is 2.19 bits per heavy atom. The fraction of sp³-hybridized carbons (Fsp3) is 0.0833. The largest absolute Gasteiger partial charge is 0.480 e. The maximum Gasteiger partial charge on any atom is 0.226 e. The van der Waals surface area contributed by atoms with Crippen molar-refractivity contribution in [2.45, 2.75) is 12.1 Å². The lowest BCUT2D eigenvalue weighted by Crippen LogP contribution is -2.32. The zero-order chi connectivity index (χ0) is 21.8. The number of nitrogens with zero attached hydrogens (tertiary/aromatic N) is 3. The predicted molar refractivity (Wildman–Crippen MR) is 126 cm³/mol. The number of hydrogen-bond acceptors (Lipinski definition) is 4. The summed E-state index contributed by atoms with van der Waals surface area (Å²) < 4.78 is 8.43. The Labute approximate surface area is 199 Å². The summed E-state index contributed by atoms with van der Waals surface area (Å²) in [5.74, 6) is 1.38. The standard InChI is InChI=1S/C24H15Cl3N4O/c25-15-5-1-13(2-6-15)22-20-21(30-24-28-12-29-31(22)24)18-11-17(27)9-10-19(18)32-23(20)14-3-7-16(26)8-4-14/h1-12,22-23H,(H,28,29,30)/t22-,23+/m0/s1. The second-order valence-electron chi connectivity index (χ2n) is 7.63. The summed E-state index contributed by atoms with van der Waals surface area (Å²) in [6, 6.07) is 20.8. The number of fused-ring (bicyclic) bond motifs is 3. The van der Waals surface area contributed by atoms with Crippen LogP contribution in [-0.4, -0.2) is 14.8 Å². The molecule has 3 heterocycles. The molecule has 0 unspecified atom stereocenters. The molecule has 2 atom stereocenters. The first-order valence-corrected chi connectivity index (χ1v) is 11.1. The van der Waals surface area contributed by atoms with E-state index in [1.54, 1.807) is 6.33 Å². The fourth-order valence-electron chi connectivity index (χ4n) is 4.32. The quantitative estimate of drug-likeness (QED) is 0.342. The van der Waals surface area contributed by atoms with E-state index in [4.69, 9.17) is 39.5 Å². The molecule has 158 valence electrons. The van der Waals surface area contributed by atoms with Gasteiger partial charge in [0.2, 0.25) is 5.95 Å². The van der Waals surface area contributed by atoms with E-state index in [1.165, 1.54) is 0 Å². The highest BCUT2D eigenvalue weighted by molar-refractivity contribution is 6.31. The summed E-state index contributed by atoms with van der Waals surface area (Å²) in [6.07, 6.45) is 1.17. The highest BCUT2D eigenvalue weighted by Gasteiger charge is 2.41. The van der Waals surface area contributed by atoms with Crippen LogP contribution in [0.4, 0.5) is 5.95 Å². The molecule has 0 amide bonds. The van der Waals surface area contributed by atoms with Gasteiger partial charge in [0.05, 0.1) is 5.70 Å². The number of anilines is 1. The van der Waals surface area contributed by atoms with Crippen molar-refractivity contribution in [3.8, 4) is 5.75 Å². The Kier molecular flexibility index (Phi) is 4.65. The molecule has 0 saturated carbocycles. The third-order valence-electron chi connectivity index (χ3n) is 5.73. The fourth-order valence-corrected chi connectivity index (χ4v) is 4.74. The van der Waals surface area contributed by atoms with E-state index >= 15 is 0 Å². The summed E-state index contributed by atoms with van der Waals surface area (Å²) in [5.41, 5.74) is 4.79. The van der Waals surface area contributed by atoms with Gasteiger partial charge in [0, 0.05) is 26.2 Å². The van der Waals surface area contributed by atoms with Crippen molar-refractivity contribution in [2.24, 2.45) is 0 Å². The minimum atomic E-state index is -0.374. The van der Waals surface area contributed by atoms with Crippen molar-refractivity contribution in [1.82, 2.24) is 14.8 Å². The van der Waals surface area contributed by atoms with E-state index in [9.17, 15) is 0 Å². The van der Waals surface area contributed by atoms with Gasteiger partial charge in [-0.1, -0.05) is 59.1 Å². The van der Waals surface area contributed by atoms with E-state index < -0.39 is 0 Å². The molecule has 8 heteroatoms. The highest BCUT2D eigenvalue weighted by atomic mass is 35.5. The molecule has 6 rings (SSSR count). The first-order chi connectivity index (χ1) is 15.6. The maximum atomic E-state index is 6.56. The Bertz CT molecular complexity index is 1360. The summed E-state index contributed by atoms with van der Waals surface area (Å²) in [6.45, 7) is 0. The lowest BCUT2D eigenvalue weighted by atomic mass is 9.84. The number of benzene rings is 3. The van der Waals surface area contributed by atoms with Crippen molar-refractivity contribution < 1.29 is 4.74 Å². The third kappa shape index (κ3) is 3.16. The molecule has 5 nitrogen and oxygen atoms in total. The molecule has 0 saturated heterocycles. The van der Waals surface area contributed by atoms with Crippen molar-refractivity contribution in [2.75, 3.05) is 5.32 Å². The van der Waals surface area contributed by atoms with Crippen LogP contribution in [0.1, 0.15) is 28.8 Å². The van der Waals surface area contributed by atoms with Crippen LogP contribution in [0.3, 0.4) is 0 Å². The number of ether oxygens (including phenoxy) is 1. The molecule has 0 fully saturated rings. The highest BCUT2D eigenvalue weighted by Crippen LogP contribution is 2.51. The second kappa shape index (κ2) is 7.55. The van der Waals surface area contributed by atoms with E-state index in [2.05, 4.69) is 15.4 Å². The number of hydrogen-bond donors (Lipinski definition) is 1. The molecule has 3 aromatic carbocycles. The molecule has 2 aliphatic rings. The predicted octanol–water partition coefficient (Wildman–Crippen LogP) is 6.80. The van der Waals surface area contributed by atoms with Crippen LogP contribution < -0.4 is 10.1 Å². The summed E-state index contributed by atoms with van der Waals surface area (Å²) in [7, 11) is 0. The molecule has 2 aliphatic heterocycles. The Balaban J connectivity index is 1.63. The van der Waals surface area contributed by atoms with Crippen LogP contribution in [0, 0.1) is 0 Å². The monoisotopic (exact) mass is 480 g/mol. The first-order valence-electron chi connectivity index (χ1n) is 9.96. The molecule has 32 heavy (non-hydrogen) atoms. The first kappa shape index (κ1) is 19.7. The van der Waals surface area contributed by atoms with Gasteiger partial charge in [-0.3, -0.25) is 0 Å². The minimum Gasteiger partial charge on any atom is -0.480 e. The Morgan fingerprint density at radius 1 is 0.812 bits per heavy atom. The van der Waals surface area contributed by atoms with Gasteiger partial charge in [-0.25, -0.2) is 4.68 Å². The van der Waals surface area contributed by atoms with Crippen LogP contribution in [0.25, 0.3) is 5.70 Å². The van der Waals surface area contributed by atoms with Crippen molar-refractivity contribution in [3.63, 3.8) is 0 Å². The molecule has 1 N–H and O–H groups in total. The van der Waals surface area contributed by atoms with Gasteiger partial charge in [0.1, 0.15) is 24.2 Å². The zero-order valence-electron chi connectivity index (χ0n) is 16.5. The van der Waals surface area contributed by atoms with Gasteiger partial charge in [-0.15, -0.1) is 0 Å². The van der Waals surface area contributed by atoms with E-state index in [-0.39, 0.29) is 12.1 Å². The molecule has 0 spiro atoms. The van der Waals surface area contributed by atoms with Gasteiger partial charge < -0.3 is 10.1 Å². The van der Waals surface area contributed by atoms with Gasteiger partial charge in [0.15, 0.2) is 0 Å². The number of halogens is 3. The van der Waals surface area contributed by atoms with Crippen molar-refractivity contribution in [1.29, 1.82) is 0 Å². The normalized spacial score (nSPS) is 18.8. The van der Waals surface area contributed by atoms with Crippen molar-refractivity contribution >= 4 is 46.4 Å². The van der Waals surface area contributed by atoms with Gasteiger partial charge in [-0.2, -0.15) is 10.1 Å². The number of rotatable bonds is 2. The molecule has 0 aliphatic carbocycles. The molecular formula is C24H15Cl3N4O. The average Bonchev–Trinajstić information content (AvgIpc) is 3.27. The summed E-state index contributed by atoms with van der Waals surface area (Å²) in [4.78, 5) is 4.44. The SMILES string of the molecule is Clc1ccc([C@H]2C3=C(Nc4ncnn42)c2cc(Cl)ccc2O[C@@H]3c2ccc(Cl)cc2)cc1. The van der Waals surface area contributed by atoms with Gasteiger partial charge in [-0.05, 0) is 53.6 Å². The second-order valence-corrected chi connectivity index (χ2v) is 8.94. The molecule has 1 aromatic heterocycles. The maximum absolute atomic E-state index is 6.56. The van der Waals surface area contributed by atoms with Crippen molar-refractivity contribution in [3.05, 3.63) is 110 Å². The van der Waals surface area contributed by atoms with E-state index in [1.807, 2.05) is 71.4 Å². The van der Waals surface area contributed by atoms with E-state index in [0.717, 1.165) is 33.7 Å². The lowest BCUT2D eigenvalue weighted by Gasteiger charge is -2.39. The number of nitrogens with one attached hydrogen (secondary N) is 1. The van der Waals surface area contributed by atoms with Gasteiger partial charge >= 0.3 is 0 Å². The molecule has 4 aromatic rings. The van der Waals surface area contributed by atoms with Crippen LogP contribution in [0.5, 0.6) is 5.75 Å². The summed E-state index contributed by atoms with van der Waals surface area (Å²) in [5, 5.41) is 9.94.